The van der Waals surface area contributed by atoms with E-state index in [2.05, 4.69) is 20.3 Å². The van der Waals surface area contributed by atoms with Crippen LogP contribution >= 0.6 is 0 Å². The van der Waals surface area contributed by atoms with E-state index in [1.165, 1.54) is 12.1 Å². The number of piperidine rings is 1. The first kappa shape index (κ1) is 18.1. The summed E-state index contributed by atoms with van der Waals surface area (Å²) in [5, 5.41) is 2.89. The topological polar surface area (TPSA) is 91.0 Å². The summed E-state index contributed by atoms with van der Waals surface area (Å²) < 4.78 is 12.9. The smallest absolute Gasteiger partial charge is 0.272 e. The third-order valence-electron chi connectivity index (χ3n) is 5.06. The molecule has 1 aliphatic rings. The lowest BCUT2D eigenvalue weighted by Gasteiger charge is -2.31. The summed E-state index contributed by atoms with van der Waals surface area (Å²) in [5.41, 5.74) is 2.70. The van der Waals surface area contributed by atoms with Crippen molar-refractivity contribution in [3.63, 3.8) is 0 Å². The van der Waals surface area contributed by atoms with Crippen LogP contribution in [0.5, 0.6) is 0 Å². The summed E-state index contributed by atoms with van der Waals surface area (Å²) in [5.74, 6) is -0.609. The van der Waals surface area contributed by atoms with Crippen molar-refractivity contribution in [3.05, 3.63) is 59.9 Å². The first-order chi connectivity index (χ1) is 13.6. The lowest BCUT2D eigenvalue weighted by molar-refractivity contribution is -0.126. The van der Waals surface area contributed by atoms with Gasteiger partial charge in [0, 0.05) is 25.6 Å². The fourth-order valence-corrected chi connectivity index (χ4v) is 3.39. The molecule has 0 aliphatic carbocycles. The highest BCUT2D eigenvalue weighted by atomic mass is 19.1. The lowest BCUT2D eigenvalue weighted by Crippen LogP contribution is -2.43. The molecule has 4 rings (SSSR count). The Kier molecular flexibility index (Phi) is 5.01. The van der Waals surface area contributed by atoms with E-state index in [0.29, 0.717) is 43.7 Å². The largest absolute Gasteiger partial charge is 0.352 e. The molecule has 0 saturated carbocycles. The van der Waals surface area contributed by atoms with E-state index in [1.807, 2.05) is 0 Å². The second-order valence-electron chi connectivity index (χ2n) is 6.90. The minimum atomic E-state index is -0.298. The van der Waals surface area contributed by atoms with Crippen LogP contribution in [0.25, 0.3) is 11.0 Å². The fraction of sp³-hybridized carbons (Fsp3) is 0.300. The fourth-order valence-electron chi connectivity index (χ4n) is 3.39. The number of benzene rings is 1. The van der Waals surface area contributed by atoms with Gasteiger partial charge in [0.25, 0.3) is 5.91 Å². The number of likely N-dealkylation sites (tertiary alicyclic amines) is 1. The van der Waals surface area contributed by atoms with E-state index in [-0.39, 0.29) is 23.5 Å². The van der Waals surface area contributed by atoms with Gasteiger partial charge in [-0.3, -0.25) is 9.59 Å². The molecule has 28 heavy (non-hydrogen) atoms. The van der Waals surface area contributed by atoms with Crippen LogP contribution < -0.4 is 5.32 Å². The van der Waals surface area contributed by atoms with Crippen molar-refractivity contribution >= 4 is 22.8 Å². The van der Waals surface area contributed by atoms with Crippen molar-refractivity contribution < 1.29 is 14.0 Å². The van der Waals surface area contributed by atoms with Gasteiger partial charge < -0.3 is 15.2 Å². The normalized spacial score (nSPS) is 15.0. The number of hydrogen-bond donors (Lipinski definition) is 2. The Morgan fingerprint density at radius 1 is 1.18 bits per heavy atom. The molecule has 1 saturated heterocycles. The number of pyridine rings is 1. The summed E-state index contributed by atoms with van der Waals surface area (Å²) in [7, 11) is 0. The number of carbonyl (C=O) groups is 2. The van der Waals surface area contributed by atoms with Crippen molar-refractivity contribution in [1.29, 1.82) is 0 Å². The number of rotatable bonds is 4. The minimum Gasteiger partial charge on any atom is -0.352 e. The van der Waals surface area contributed by atoms with Crippen molar-refractivity contribution in [2.24, 2.45) is 5.92 Å². The van der Waals surface area contributed by atoms with E-state index in [1.54, 1.807) is 35.6 Å². The first-order valence-corrected chi connectivity index (χ1v) is 9.21. The third-order valence-corrected chi connectivity index (χ3v) is 5.06. The molecule has 3 aromatic rings. The highest BCUT2D eigenvalue weighted by Crippen LogP contribution is 2.20. The number of H-pyrrole nitrogens is 1. The number of amides is 2. The summed E-state index contributed by atoms with van der Waals surface area (Å²) in [6.45, 7) is 1.38. The van der Waals surface area contributed by atoms with E-state index in [4.69, 9.17) is 0 Å². The minimum absolute atomic E-state index is 0.0347. The molecule has 1 fully saturated rings. The van der Waals surface area contributed by atoms with Gasteiger partial charge in [-0.25, -0.2) is 14.4 Å². The third kappa shape index (κ3) is 3.85. The maximum absolute atomic E-state index is 12.9. The van der Waals surface area contributed by atoms with E-state index in [9.17, 15) is 14.0 Å². The molecule has 2 amide bonds. The molecule has 2 aromatic heterocycles. The van der Waals surface area contributed by atoms with Crippen LogP contribution in [0.4, 0.5) is 4.39 Å². The molecule has 3 heterocycles. The van der Waals surface area contributed by atoms with E-state index in [0.717, 1.165) is 11.1 Å². The van der Waals surface area contributed by atoms with Gasteiger partial charge in [-0.15, -0.1) is 0 Å². The number of nitrogens with zero attached hydrogens (tertiary/aromatic N) is 3. The standard InChI is InChI=1S/C20H20FN5O2/c21-15-3-1-13(2-4-15)10-23-19(27)14-5-7-26(8-6-14)20(28)17-9-16-18(11-22-17)25-12-24-16/h1-4,9,11-12,14H,5-8,10H2,(H,23,27)(H,24,25). The zero-order valence-corrected chi connectivity index (χ0v) is 15.2. The number of hydrogen-bond acceptors (Lipinski definition) is 4. The van der Waals surface area contributed by atoms with Crippen LogP contribution in [-0.2, 0) is 11.3 Å². The van der Waals surface area contributed by atoms with Crippen LogP contribution in [0.1, 0.15) is 28.9 Å². The summed E-state index contributed by atoms with van der Waals surface area (Å²) in [4.78, 5) is 38.1. The number of aromatic nitrogens is 3. The molecule has 2 N–H and O–H groups in total. The highest BCUT2D eigenvalue weighted by molar-refractivity contribution is 5.95. The Bertz CT molecular complexity index is 993. The monoisotopic (exact) mass is 381 g/mol. The van der Waals surface area contributed by atoms with E-state index < -0.39 is 0 Å². The summed E-state index contributed by atoms with van der Waals surface area (Å²) >= 11 is 0. The molecular formula is C20H20FN5O2. The summed E-state index contributed by atoms with van der Waals surface area (Å²) in [6, 6.07) is 7.73. The molecule has 7 nitrogen and oxygen atoms in total. The van der Waals surface area contributed by atoms with Crippen LogP contribution in [0.2, 0.25) is 0 Å². The molecule has 0 atom stereocenters. The van der Waals surface area contributed by atoms with Crippen LogP contribution in [0, 0.1) is 11.7 Å². The molecule has 0 bridgehead atoms. The predicted octanol–water partition coefficient (Wildman–Crippen LogP) is 2.27. The SMILES string of the molecule is O=C(NCc1ccc(F)cc1)C1CCN(C(=O)c2cc3nc[nH]c3cn2)CC1. The molecule has 8 heteroatoms. The Morgan fingerprint density at radius 3 is 2.68 bits per heavy atom. The number of fused-ring (bicyclic) bond motifs is 1. The molecule has 0 radical (unpaired) electrons. The zero-order chi connectivity index (χ0) is 19.5. The van der Waals surface area contributed by atoms with Crippen LogP contribution in [-0.4, -0.2) is 44.8 Å². The van der Waals surface area contributed by atoms with Gasteiger partial charge >= 0.3 is 0 Å². The van der Waals surface area contributed by atoms with Crippen molar-refractivity contribution in [2.45, 2.75) is 19.4 Å². The maximum Gasteiger partial charge on any atom is 0.272 e. The molecule has 1 aliphatic heterocycles. The first-order valence-electron chi connectivity index (χ1n) is 9.21. The quantitative estimate of drug-likeness (QED) is 0.725. The Balaban J connectivity index is 1.30. The Hall–Kier alpha value is -3.29. The van der Waals surface area contributed by atoms with Gasteiger partial charge in [-0.2, -0.15) is 0 Å². The average molecular weight is 381 g/mol. The van der Waals surface area contributed by atoms with Crippen molar-refractivity contribution in [2.75, 3.05) is 13.1 Å². The zero-order valence-electron chi connectivity index (χ0n) is 15.2. The molecule has 1 aromatic carbocycles. The predicted molar refractivity (Wildman–Crippen MR) is 101 cm³/mol. The van der Waals surface area contributed by atoms with Gasteiger partial charge in [-0.1, -0.05) is 12.1 Å². The second kappa shape index (κ2) is 7.75. The second-order valence-corrected chi connectivity index (χ2v) is 6.90. The highest BCUT2D eigenvalue weighted by Gasteiger charge is 2.28. The molecular weight excluding hydrogens is 361 g/mol. The van der Waals surface area contributed by atoms with Gasteiger partial charge in [0.15, 0.2) is 0 Å². The van der Waals surface area contributed by atoms with Crippen LogP contribution in [0.15, 0.2) is 42.9 Å². The number of imidazole rings is 1. The van der Waals surface area contributed by atoms with E-state index >= 15 is 0 Å². The number of nitrogens with one attached hydrogen (secondary N) is 2. The molecule has 0 spiro atoms. The van der Waals surface area contributed by atoms with Gasteiger partial charge in [0.2, 0.25) is 5.91 Å². The number of aromatic amines is 1. The average Bonchev–Trinajstić information content (AvgIpc) is 3.20. The van der Waals surface area contributed by atoms with Gasteiger partial charge in [0.1, 0.15) is 11.5 Å². The number of halogens is 1. The molecule has 0 unspecified atom stereocenters. The van der Waals surface area contributed by atoms with Gasteiger partial charge in [0.05, 0.1) is 23.6 Å². The van der Waals surface area contributed by atoms with Crippen molar-refractivity contribution in [3.8, 4) is 0 Å². The number of carbonyl (C=O) groups excluding carboxylic acids is 2. The van der Waals surface area contributed by atoms with Crippen LogP contribution in [0.3, 0.4) is 0 Å². The Labute approximate surface area is 161 Å². The lowest BCUT2D eigenvalue weighted by atomic mass is 9.95. The Morgan fingerprint density at radius 2 is 1.93 bits per heavy atom. The van der Waals surface area contributed by atoms with Gasteiger partial charge in [-0.05, 0) is 36.6 Å². The molecule has 144 valence electrons. The summed E-state index contributed by atoms with van der Waals surface area (Å²) in [6.07, 6.45) is 4.37. The van der Waals surface area contributed by atoms with Crippen molar-refractivity contribution in [1.82, 2.24) is 25.2 Å². The maximum atomic E-state index is 12.9.